The molecule has 0 radical (unpaired) electrons. The second kappa shape index (κ2) is 4.40. The van der Waals surface area contributed by atoms with E-state index in [9.17, 15) is 0 Å². The third kappa shape index (κ3) is 1.94. The van der Waals surface area contributed by atoms with Gasteiger partial charge in [0.15, 0.2) is 0 Å². The smallest absolute Gasteiger partial charge is 0.0992 e. The Hall–Kier alpha value is -1.75. The van der Waals surface area contributed by atoms with Gasteiger partial charge in [0.05, 0.1) is 11.6 Å². The van der Waals surface area contributed by atoms with Gasteiger partial charge in [-0.25, -0.2) is 0 Å². The van der Waals surface area contributed by atoms with Crippen LogP contribution < -0.4 is 0 Å². The maximum absolute atomic E-state index is 8.89. The number of benzene rings is 1. The van der Waals surface area contributed by atoms with E-state index < -0.39 is 0 Å². The lowest BCUT2D eigenvalue weighted by Crippen LogP contribution is -2.05. The maximum Gasteiger partial charge on any atom is 0.0992 e. The molecule has 82 valence electrons. The molecule has 0 fully saturated rings. The molecule has 2 aromatic rings. The second-order valence-electron chi connectivity index (χ2n) is 4.37. The van der Waals surface area contributed by atoms with Gasteiger partial charge in [-0.3, -0.25) is 0 Å². The van der Waals surface area contributed by atoms with Crippen molar-refractivity contribution in [2.24, 2.45) is 5.92 Å². The zero-order chi connectivity index (χ0) is 11.5. The van der Waals surface area contributed by atoms with E-state index in [1.807, 2.05) is 18.2 Å². The van der Waals surface area contributed by atoms with Gasteiger partial charge in [-0.1, -0.05) is 26.3 Å². The average molecular weight is 212 g/mol. The van der Waals surface area contributed by atoms with E-state index in [4.69, 9.17) is 5.26 Å². The molecule has 0 aliphatic carbocycles. The molecule has 0 aliphatic rings. The summed E-state index contributed by atoms with van der Waals surface area (Å²) in [7, 11) is 0. The van der Waals surface area contributed by atoms with Crippen LogP contribution in [0.1, 0.15) is 25.8 Å². The monoisotopic (exact) mass is 212 g/mol. The summed E-state index contributed by atoms with van der Waals surface area (Å²) < 4.78 is 2.24. The Morgan fingerprint density at radius 2 is 2.19 bits per heavy atom. The number of aromatic nitrogens is 1. The van der Waals surface area contributed by atoms with Crippen LogP contribution in [0.3, 0.4) is 0 Å². The summed E-state index contributed by atoms with van der Waals surface area (Å²) in [6.45, 7) is 5.48. The maximum atomic E-state index is 8.89. The van der Waals surface area contributed by atoms with E-state index in [2.05, 4.69) is 36.7 Å². The highest BCUT2D eigenvalue weighted by Crippen LogP contribution is 2.19. The lowest BCUT2D eigenvalue weighted by molar-refractivity contribution is 0.477. The van der Waals surface area contributed by atoms with Gasteiger partial charge in [-0.15, -0.1) is 0 Å². The van der Waals surface area contributed by atoms with Crippen LogP contribution in [-0.4, -0.2) is 4.57 Å². The van der Waals surface area contributed by atoms with E-state index in [1.54, 1.807) is 0 Å². The molecule has 0 N–H and O–H groups in total. The number of nitriles is 1. The molecule has 2 rings (SSSR count). The summed E-state index contributed by atoms with van der Waals surface area (Å²) in [5.41, 5.74) is 1.90. The summed E-state index contributed by atoms with van der Waals surface area (Å²) >= 11 is 0. The molecular formula is C14H16N2. The standard InChI is InChI=1S/C14H16N2/c1-3-11(2)10-16-7-6-13-5-4-12(9-15)8-14(13)16/h4-8,11H,3,10H2,1-2H3. The molecular weight excluding hydrogens is 196 g/mol. The summed E-state index contributed by atoms with van der Waals surface area (Å²) in [5, 5.41) is 10.1. The molecule has 1 aromatic heterocycles. The highest BCUT2D eigenvalue weighted by molar-refractivity contribution is 5.81. The molecule has 0 aliphatic heterocycles. The molecule has 0 spiro atoms. The third-order valence-electron chi connectivity index (χ3n) is 3.11. The van der Waals surface area contributed by atoms with Crippen molar-refractivity contribution >= 4 is 10.9 Å². The van der Waals surface area contributed by atoms with Gasteiger partial charge < -0.3 is 4.57 Å². The Bertz CT molecular complexity index is 531. The van der Waals surface area contributed by atoms with E-state index in [-0.39, 0.29) is 0 Å². The van der Waals surface area contributed by atoms with Crippen LogP contribution in [0, 0.1) is 17.2 Å². The van der Waals surface area contributed by atoms with Crippen molar-refractivity contribution in [2.45, 2.75) is 26.8 Å². The number of rotatable bonds is 3. The fourth-order valence-corrected chi connectivity index (χ4v) is 1.88. The summed E-state index contributed by atoms with van der Waals surface area (Å²) in [5.74, 6) is 0.668. The van der Waals surface area contributed by atoms with Crippen molar-refractivity contribution in [3.63, 3.8) is 0 Å². The minimum atomic E-state index is 0.668. The molecule has 2 nitrogen and oxygen atoms in total. The van der Waals surface area contributed by atoms with Gasteiger partial charge >= 0.3 is 0 Å². The number of fused-ring (bicyclic) bond motifs is 1. The largest absolute Gasteiger partial charge is 0.347 e. The van der Waals surface area contributed by atoms with Crippen LogP contribution in [0.4, 0.5) is 0 Å². The van der Waals surface area contributed by atoms with Gasteiger partial charge in [0.2, 0.25) is 0 Å². The van der Waals surface area contributed by atoms with Crippen LogP contribution >= 0.6 is 0 Å². The van der Waals surface area contributed by atoms with Crippen molar-refractivity contribution in [3.8, 4) is 6.07 Å². The van der Waals surface area contributed by atoms with Crippen LogP contribution in [0.15, 0.2) is 30.5 Å². The lowest BCUT2D eigenvalue weighted by Gasteiger charge is -2.11. The van der Waals surface area contributed by atoms with Crippen LogP contribution in [0.5, 0.6) is 0 Å². The highest BCUT2D eigenvalue weighted by atomic mass is 15.0. The van der Waals surface area contributed by atoms with Crippen molar-refractivity contribution in [1.82, 2.24) is 4.57 Å². The summed E-state index contributed by atoms with van der Waals surface area (Å²) in [6.07, 6.45) is 3.29. The normalized spacial score (nSPS) is 12.6. The van der Waals surface area contributed by atoms with Crippen LogP contribution in [0.25, 0.3) is 10.9 Å². The third-order valence-corrected chi connectivity index (χ3v) is 3.11. The minimum Gasteiger partial charge on any atom is -0.347 e. The van der Waals surface area contributed by atoms with Crippen LogP contribution in [-0.2, 0) is 6.54 Å². The van der Waals surface area contributed by atoms with E-state index >= 15 is 0 Å². The predicted octanol–water partition coefficient (Wildman–Crippen LogP) is 3.56. The predicted molar refractivity (Wildman–Crippen MR) is 66.1 cm³/mol. The van der Waals surface area contributed by atoms with E-state index in [0.717, 1.165) is 12.1 Å². The lowest BCUT2D eigenvalue weighted by atomic mass is 10.1. The van der Waals surface area contributed by atoms with E-state index in [1.165, 1.54) is 17.3 Å². The Labute approximate surface area is 96.1 Å². The molecule has 0 amide bonds. The van der Waals surface area contributed by atoms with Gasteiger partial charge in [0, 0.05) is 18.3 Å². The zero-order valence-electron chi connectivity index (χ0n) is 9.77. The molecule has 1 atom stereocenters. The van der Waals surface area contributed by atoms with E-state index in [0.29, 0.717) is 5.92 Å². The first-order chi connectivity index (χ1) is 7.74. The Morgan fingerprint density at radius 3 is 2.88 bits per heavy atom. The highest BCUT2D eigenvalue weighted by Gasteiger charge is 2.05. The quantitative estimate of drug-likeness (QED) is 0.764. The first-order valence-electron chi connectivity index (χ1n) is 5.73. The van der Waals surface area contributed by atoms with Crippen molar-refractivity contribution in [3.05, 3.63) is 36.0 Å². The fourth-order valence-electron chi connectivity index (χ4n) is 1.88. The molecule has 0 saturated carbocycles. The fraction of sp³-hybridized carbons (Fsp3) is 0.357. The van der Waals surface area contributed by atoms with Crippen molar-refractivity contribution in [2.75, 3.05) is 0 Å². The summed E-state index contributed by atoms with van der Waals surface area (Å²) in [4.78, 5) is 0. The number of hydrogen-bond acceptors (Lipinski definition) is 1. The topological polar surface area (TPSA) is 28.7 Å². The Balaban J connectivity index is 2.42. The SMILES string of the molecule is CCC(C)Cn1ccc2ccc(C#N)cc21. The molecule has 1 unspecified atom stereocenters. The second-order valence-corrected chi connectivity index (χ2v) is 4.37. The van der Waals surface area contributed by atoms with Gasteiger partial charge in [-0.2, -0.15) is 5.26 Å². The van der Waals surface area contributed by atoms with Crippen molar-refractivity contribution < 1.29 is 0 Å². The number of nitrogens with zero attached hydrogens (tertiary/aromatic N) is 2. The first-order valence-corrected chi connectivity index (χ1v) is 5.73. The minimum absolute atomic E-state index is 0.668. The molecule has 2 heteroatoms. The Kier molecular flexibility index (Phi) is 2.96. The van der Waals surface area contributed by atoms with Gasteiger partial charge in [-0.05, 0) is 29.5 Å². The first kappa shape index (κ1) is 10.8. The Morgan fingerprint density at radius 1 is 1.38 bits per heavy atom. The molecule has 16 heavy (non-hydrogen) atoms. The molecule has 1 aromatic carbocycles. The summed E-state index contributed by atoms with van der Waals surface area (Å²) in [6, 6.07) is 10.2. The van der Waals surface area contributed by atoms with Crippen LogP contribution in [0.2, 0.25) is 0 Å². The average Bonchev–Trinajstić information content (AvgIpc) is 2.71. The number of hydrogen-bond donors (Lipinski definition) is 0. The van der Waals surface area contributed by atoms with Gasteiger partial charge in [0.1, 0.15) is 0 Å². The molecule has 0 bridgehead atoms. The molecule has 0 saturated heterocycles. The van der Waals surface area contributed by atoms with Crippen molar-refractivity contribution in [1.29, 1.82) is 5.26 Å². The van der Waals surface area contributed by atoms with Gasteiger partial charge in [0.25, 0.3) is 0 Å². The zero-order valence-corrected chi connectivity index (χ0v) is 9.77. The molecule has 1 heterocycles.